The predicted octanol–water partition coefficient (Wildman–Crippen LogP) is 17.8. The topological polar surface area (TPSA) is 13.1 Å². The van der Waals surface area contributed by atoms with E-state index in [4.69, 9.17) is 4.42 Å². The van der Waals surface area contributed by atoms with Gasteiger partial charge < -0.3 is 4.42 Å². The molecule has 3 aromatic heterocycles. The van der Waals surface area contributed by atoms with Gasteiger partial charge in [-0.15, -0.1) is 22.7 Å². The van der Waals surface area contributed by atoms with E-state index in [1.165, 1.54) is 92.5 Å². The summed E-state index contributed by atoms with van der Waals surface area (Å²) in [7, 11) is 0. The molecule has 0 N–H and O–H groups in total. The first-order chi connectivity index (χ1) is 37.2. The molecule has 3 aliphatic carbocycles. The highest BCUT2D eigenvalue weighted by Crippen LogP contribution is 2.71. The second-order valence-electron chi connectivity index (χ2n) is 20.4. The van der Waals surface area contributed by atoms with Crippen LogP contribution < -0.4 is 0 Å². The lowest BCUT2D eigenvalue weighted by molar-refractivity contribution is 0.560. The van der Waals surface area contributed by atoms with Gasteiger partial charge in [0.2, 0.25) is 0 Å². The number of thiophene rings is 2. The Labute approximate surface area is 444 Å². The molecule has 0 radical (unpaired) electrons. The summed E-state index contributed by atoms with van der Waals surface area (Å²) in [5, 5.41) is 4.65. The fourth-order valence-electron chi connectivity index (χ4n) is 14.7. The minimum atomic E-state index is -0.724. The van der Waals surface area contributed by atoms with Gasteiger partial charge in [-0.25, -0.2) is 0 Å². The first-order valence-electron chi connectivity index (χ1n) is 26.0. The largest absolute Gasteiger partial charge is 0.455 e. The Morgan fingerprint density at radius 2 is 0.653 bits per heavy atom. The van der Waals surface area contributed by atoms with Crippen molar-refractivity contribution in [1.82, 2.24) is 0 Å². The van der Waals surface area contributed by atoms with E-state index >= 15 is 0 Å². The minimum Gasteiger partial charge on any atom is -0.455 e. The SMILES string of the molecule is c1ccc(C2(c3ccccc3)c3ccccc3C3(c4ccccc42)c2cc(-c4cccc5c4oc4ccccc45)sc2C2(c4ccccc4C(c4ccccc4)(c4ccccc4)c4ccccc42)c2ccsc23)cc1. The van der Waals surface area contributed by atoms with Crippen LogP contribution in [0, 0.1) is 0 Å². The summed E-state index contributed by atoms with van der Waals surface area (Å²) >= 11 is 3.88. The Morgan fingerprint density at radius 3 is 1.11 bits per heavy atom. The second-order valence-corrected chi connectivity index (χ2v) is 22.4. The van der Waals surface area contributed by atoms with Crippen molar-refractivity contribution in [2.75, 3.05) is 0 Å². The first kappa shape index (κ1) is 42.9. The molecule has 0 saturated heterocycles. The number of hydrogen-bond acceptors (Lipinski definition) is 3. The van der Waals surface area contributed by atoms with Gasteiger partial charge in [-0.3, -0.25) is 0 Å². The fourth-order valence-corrected chi connectivity index (χ4v) is 17.4. The minimum absolute atomic E-state index is 0.624. The molecule has 0 amide bonds. The molecule has 0 atom stereocenters. The lowest BCUT2D eigenvalue weighted by Gasteiger charge is -2.56. The molecule has 352 valence electrons. The molecule has 13 aromatic rings. The molecular weight excluding hydrogens is 945 g/mol. The zero-order chi connectivity index (χ0) is 49.3. The number of para-hydroxylation sites is 2. The van der Waals surface area contributed by atoms with E-state index in [0.717, 1.165) is 27.5 Å². The Morgan fingerprint density at radius 1 is 0.280 bits per heavy atom. The highest BCUT2D eigenvalue weighted by atomic mass is 32.1. The lowest BCUT2D eigenvalue weighted by Crippen LogP contribution is -2.52. The van der Waals surface area contributed by atoms with Crippen molar-refractivity contribution in [3.63, 3.8) is 0 Å². The Bertz CT molecular complexity index is 3970. The van der Waals surface area contributed by atoms with Gasteiger partial charge >= 0.3 is 0 Å². The summed E-state index contributed by atoms with van der Waals surface area (Å²) in [6, 6.07) is 103. The average Bonchev–Trinajstić information content (AvgIpc) is 4.37. The van der Waals surface area contributed by atoms with Crippen molar-refractivity contribution in [3.05, 3.63) is 366 Å². The van der Waals surface area contributed by atoms with Crippen molar-refractivity contribution >= 4 is 44.6 Å². The highest BCUT2D eigenvalue weighted by molar-refractivity contribution is 7.16. The van der Waals surface area contributed by atoms with Gasteiger partial charge in [-0.05, 0) is 108 Å². The number of hydrogen-bond donors (Lipinski definition) is 0. The summed E-state index contributed by atoms with van der Waals surface area (Å²) in [5.41, 5.74) is 18.3. The van der Waals surface area contributed by atoms with E-state index in [9.17, 15) is 0 Å². The Hall–Kier alpha value is -8.60. The third kappa shape index (κ3) is 5.31. The van der Waals surface area contributed by atoms with Crippen LogP contribution in [0.25, 0.3) is 32.4 Å². The van der Waals surface area contributed by atoms with Crippen molar-refractivity contribution in [3.8, 4) is 10.4 Å². The molecule has 0 bridgehead atoms. The third-order valence-electron chi connectivity index (χ3n) is 17.3. The van der Waals surface area contributed by atoms with Gasteiger partial charge in [0.15, 0.2) is 0 Å². The van der Waals surface area contributed by atoms with Crippen LogP contribution in [0.5, 0.6) is 0 Å². The van der Waals surface area contributed by atoms with Crippen molar-refractivity contribution in [2.45, 2.75) is 21.7 Å². The van der Waals surface area contributed by atoms with Gasteiger partial charge in [0.05, 0.1) is 21.7 Å². The maximum absolute atomic E-state index is 6.98. The summed E-state index contributed by atoms with van der Waals surface area (Å²) in [6.45, 7) is 0. The molecule has 0 unspecified atom stereocenters. The van der Waals surface area contributed by atoms with E-state index in [1.54, 1.807) is 0 Å². The molecule has 0 fully saturated rings. The average molecular weight is 991 g/mol. The number of furan rings is 1. The molecule has 2 spiro atoms. The van der Waals surface area contributed by atoms with Crippen LogP contribution in [-0.2, 0) is 21.7 Å². The number of rotatable bonds is 5. The van der Waals surface area contributed by atoms with Crippen molar-refractivity contribution in [1.29, 1.82) is 0 Å². The maximum Gasteiger partial charge on any atom is 0.144 e. The summed E-state index contributed by atoms with van der Waals surface area (Å²) < 4.78 is 6.98. The highest BCUT2D eigenvalue weighted by Gasteiger charge is 2.64. The quantitative estimate of drug-likeness (QED) is 0.167. The summed E-state index contributed by atoms with van der Waals surface area (Å²) in [5.74, 6) is 0. The maximum atomic E-state index is 6.98. The molecule has 3 heterocycles. The van der Waals surface area contributed by atoms with Crippen LogP contribution in [0.1, 0.15) is 87.6 Å². The number of benzene rings is 10. The van der Waals surface area contributed by atoms with Gasteiger partial charge in [0, 0.05) is 31.0 Å². The zero-order valence-corrected chi connectivity index (χ0v) is 42.4. The molecule has 10 aromatic carbocycles. The molecular formula is C72H46OS2. The Balaban J connectivity index is 1.10. The monoisotopic (exact) mass is 990 g/mol. The zero-order valence-electron chi connectivity index (χ0n) is 40.8. The summed E-state index contributed by atoms with van der Waals surface area (Å²) in [6.07, 6.45) is 0. The second kappa shape index (κ2) is 16.0. The standard InChI is InChI=1S/C72H46OS2/c1-5-24-47(25-6-1)69(48-26-7-2-8-27-48)54-35-14-18-39-58(54)71(59-40-19-15-36-55(59)69)62-44-45-74-67(62)72(63-46-65(75-68(63)71)53-34-23-33-52-51-32-13-22-43-64(51)73-66(52)53)60-41-20-16-37-56(60)70(49-28-9-3-10-29-49,50-30-11-4-12-31-50)57-38-17-21-42-61(57)72/h1-46H. The van der Waals surface area contributed by atoms with Crippen LogP contribution in [0.4, 0.5) is 0 Å². The van der Waals surface area contributed by atoms with Crippen molar-refractivity contribution < 1.29 is 4.42 Å². The van der Waals surface area contributed by atoms with Crippen LogP contribution in [0.3, 0.4) is 0 Å². The van der Waals surface area contributed by atoms with E-state index < -0.39 is 21.7 Å². The van der Waals surface area contributed by atoms with Gasteiger partial charge in [-0.2, -0.15) is 0 Å². The van der Waals surface area contributed by atoms with Gasteiger partial charge in [-0.1, -0.05) is 249 Å². The van der Waals surface area contributed by atoms with E-state index in [1.807, 2.05) is 22.7 Å². The molecule has 0 saturated carbocycles. The van der Waals surface area contributed by atoms with Gasteiger partial charge in [0.25, 0.3) is 0 Å². The van der Waals surface area contributed by atoms with Gasteiger partial charge in [0.1, 0.15) is 11.2 Å². The van der Waals surface area contributed by atoms with Crippen LogP contribution >= 0.6 is 22.7 Å². The summed E-state index contributed by atoms with van der Waals surface area (Å²) in [4.78, 5) is 3.88. The lowest BCUT2D eigenvalue weighted by atomic mass is 9.45. The van der Waals surface area contributed by atoms with Crippen LogP contribution in [-0.4, -0.2) is 0 Å². The number of fused-ring (bicyclic) bond motifs is 17. The Kier molecular flexibility index (Phi) is 9.12. The fraction of sp³-hybridized carbons (Fsp3) is 0.0556. The predicted molar refractivity (Wildman–Crippen MR) is 309 cm³/mol. The van der Waals surface area contributed by atoms with Crippen molar-refractivity contribution in [2.24, 2.45) is 0 Å². The van der Waals surface area contributed by atoms with Crippen LogP contribution in [0.15, 0.2) is 283 Å². The molecule has 16 rings (SSSR count). The third-order valence-corrected chi connectivity index (χ3v) is 19.6. The molecule has 3 heteroatoms. The first-order valence-corrected chi connectivity index (χ1v) is 27.7. The molecule has 0 aliphatic heterocycles. The molecule has 1 nitrogen and oxygen atoms in total. The smallest absolute Gasteiger partial charge is 0.144 e. The van der Waals surface area contributed by atoms with E-state index in [0.29, 0.717) is 0 Å². The molecule has 3 aliphatic rings. The van der Waals surface area contributed by atoms with E-state index in [2.05, 4.69) is 278 Å². The molecule has 75 heavy (non-hydrogen) atoms. The van der Waals surface area contributed by atoms with Crippen LogP contribution in [0.2, 0.25) is 0 Å². The normalized spacial score (nSPS) is 15.6. The van der Waals surface area contributed by atoms with E-state index in [-0.39, 0.29) is 0 Å².